The Morgan fingerprint density at radius 1 is 1.10 bits per heavy atom. The molecule has 0 aromatic carbocycles. The molecular weight excluding hydrogens is 487 g/mol. The van der Waals surface area contributed by atoms with Crippen molar-refractivity contribution in [2.24, 2.45) is 0 Å². The zero-order chi connectivity index (χ0) is 22.9. The van der Waals surface area contributed by atoms with Crippen molar-refractivity contribution in [1.29, 1.82) is 0 Å². The van der Waals surface area contributed by atoms with Crippen LogP contribution in [0, 0.1) is 0 Å². The molecule has 31 heavy (non-hydrogen) atoms. The fourth-order valence-electron chi connectivity index (χ4n) is 3.30. The van der Waals surface area contributed by atoms with E-state index in [1.807, 2.05) is 0 Å². The van der Waals surface area contributed by atoms with Gasteiger partial charge in [0.25, 0.3) is 0 Å². The van der Waals surface area contributed by atoms with Gasteiger partial charge in [0.1, 0.15) is 30.5 Å². The molecule has 2 aromatic rings. The summed E-state index contributed by atoms with van der Waals surface area (Å²) in [5, 5.41) is 20.6. The quantitative estimate of drug-likeness (QED) is 0.262. The van der Waals surface area contributed by atoms with Gasteiger partial charge in [-0.25, -0.2) is 28.4 Å². The number of aliphatic hydroxyl groups is 2. The van der Waals surface area contributed by atoms with E-state index in [-0.39, 0.29) is 22.8 Å². The molecule has 0 aliphatic carbocycles. The van der Waals surface area contributed by atoms with E-state index in [0.717, 1.165) is 10.9 Å². The summed E-state index contributed by atoms with van der Waals surface area (Å²) in [5.74, 6) is -0.260. The smallest absolute Gasteiger partial charge is 0.387 e. The molecule has 4 heterocycles. The minimum absolute atomic E-state index is 0.0287. The monoisotopic (exact) mass is 503 g/mol. The molecular formula is C11H16N5O12P3. The Hall–Kier alpha value is -1.32. The first kappa shape index (κ1) is 22.9. The van der Waals surface area contributed by atoms with Crippen LogP contribution < -0.4 is 5.73 Å². The lowest BCUT2D eigenvalue weighted by Crippen LogP contribution is -2.35. The van der Waals surface area contributed by atoms with Crippen LogP contribution in [0.2, 0.25) is 0 Å². The number of aromatic nitrogens is 4. The van der Waals surface area contributed by atoms with E-state index in [4.69, 9.17) is 19.9 Å². The van der Waals surface area contributed by atoms with Gasteiger partial charge >= 0.3 is 23.2 Å². The summed E-state index contributed by atoms with van der Waals surface area (Å²) in [6.45, 7) is 0.543. The SMILES string of the molecule is CP(=O)(O)OP(=O)(O)OP(=O)(O)OC1c2nc3c(N)ncnc3n2C2OC1C(O)C2O. The number of nitrogen functional groups attached to an aromatic ring is 1. The zero-order valence-corrected chi connectivity index (χ0v) is 17.9. The fourth-order valence-corrected chi connectivity index (χ4v) is 6.91. The number of hydrogen-bond acceptors (Lipinski definition) is 13. The normalized spacial score (nSPS) is 33.4. The molecule has 0 amide bonds. The van der Waals surface area contributed by atoms with Crippen molar-refractivity contribution in [3.05, 3.63) is 12.2 Å². The maximum absolute atomic E-state index is 12.4. The first-order valence-electron chi connectivity index (χ1n) is 8.26. The van der Waals surface area contributed by atoms with E-state index in [9.17, 15) is 33.7 Å². The van der Waals surface area contributed by atoms with Crippen molar-refractivity contribution in [2.45, 2.75) is 30.6 Å². The molecule has 8 unspecified atom stereocenters. The van der Waals surface area contributed by atoms with Crippen LogP contribution in [0.3, 0.4) is 0 Å². The number of phosphoric ester groups is 1. The van der Waals surface area contributed by atoms with Gasteiger partial charge in [-0.05, 0) is 0 Å². The number of imidazole rings is 1. The van der Waals surface area contributed by atoms with Gasteiger partial charge in [0.05, 0.1) is 0 Å². The zero-order valence-electron chi connectivity index (χ0n) is 15.3. The predicted molar refractivity (Wildman–Crippen MR) is 97.1 cm³/mol. The lowest BCUT2D eigenvalue weighted by Gasteiger charge is -2.31. The number of hydrogen-bond donors (Lipinski definition) is 6. The van der Waals surface area contributed by atoms with Gasteiger partial charge in [0.2, 0.25) is 0 Å². The summed E-state index contributed by atoms with van der Waals surface area (Å²) in [5.41, 5.74) is 5.83. The average Bonchev–Trinajstić information content (AvgIpc) is 3.09. The summed E-state index contributed by atoms with van der Waals surface area (Å²) in [4.78, 5) is 40.4. The highest BCUT2D eigenvalue weighted by atomic mass is 31.3. The van der Waals surface area contributed by atoms with Crippen molar-refractivity contribution < 1.29 is 56.5 Å². The first-order valence-corrected chi connectivity index (χ1v) is 13.3. The topological polar surface area (TPSA) is 259 Å². The second-order valence-electron chi connectivity index (χ2n) is 6.67. The van der Waals surface area contributed by atoms with Crippen LogP contribution >= 0.6 is 23.2 Å². The summed E-state index contributed by atoms with van der Waals surface area (Å²) < 4.78 is 54.8. The van der Waals surface area contributed by atoms with E-state index in [2.05, 4.69) is 23.6 Å². The van der Waals surface area contributed by atoms with Crippen molar-refractivity contribution in [3.8, 4) is 0 Å². The van der Waals surface area contributed by atoms with Crippen LogP contribution in [0.1, 0.15) is 18.2 Å². The van der Waals surface area contributed by atoms with Gasteiger partial charge in [-0.1, -0.05) is 0 Å². The molecule has 2 aromatic heterocycles. The van der Waals surface area contributed by atoms with Crippen LogP contribution in [-0.2, 0) is 31.6 Å². The number of phosphoric acid groups is 2. The van der Waals surface area contributed by atoms with Crippen LogP contribution in [0.5, 0.6) is 0 Å². The van der Waals surface area contributed by atoms with Crippen LogP contribution in [0.25, 0.3) is 11.2 Å². The second kappa shape index (κ2) is 7.35. The van der Waals surface area contributed by atoms with E-state index >= 15 is 0 Å². The molecule has 1 saturated heterocycles. The average molecular weight is 503 g/mol. The van der Waals surface area contributed by atoms with Crippen LogP contribution in [0.15, 0.2) is 6.33 Å². The van der Waals surface area contributed by atoms with Crippen molar-refractivity contribution >= 4 is 40.2 Å². The summed E-state index contributed by atoms with van der Waals surface area (Å²) in [6, 6.07) is 0. The van der Waals surface area contributed by atoms with Gasteiger partial charge in [0, 0.05) is 6.66 Å². The third kappa shape index (κ3) is 4.20. The van der Waals surface area contributed by atoms with Crippen LogP contribution in [-0.4, -0.2) is 69.4 Å². The van der Waals surface area contributed by atoms with E-state index in [1.165, 1.54) is 0 Å². The highest BCUT2D eigenvalue weighted by Gasteiger charge is 2.57. The van der Waals surface area contributed by atoms with Crippen molar-refractivity contribution in [1.82, 2.24) is 19.5 Å². The van der Waals surface area contributed by atoms with Gasteiger partial charge in [-0.15, -0.1) is 0 Å². The molecule has 2 aliphatic heterocycles. The van der Waals surface area contributed by atoms with Gasteiger partial charge in [0.15, 0.2) is 29.3 Å². The molecule has 1 fully saturated rings. The number of rotatable bonds is 6. The van der Waals surface area contributed by atoms with Crippen LogP contribution in [0.4, 0.5) is 5.82 Å². The minimum Gasteiger partial charge on any atom is -0.387 e. The van der Waals surface area contributed by atoms with E-state index in [0.29, 0.717) is 6.66 Å². The van der Waals surface area contributed by atoms with E-state index < -0.39 is 53.9 Å². The lowest BCUT2D eigenvalue weighted by atomic mass is 10.1. The van der Waals surface area contributed by atoms with Gasteiger partial charge in [-0.3, -0.25) is 13.7 Å². The minimum atomic E-state index is -5.54. The molecule has 17 nitrogen and oxygen atoms in total. The molecule has 2 aliphatic rings. The Morgan fingerprint density at radius 2 is 1.77 bits per heavy atom. The number of ether oxygens (including phenoxy) is 1. The third-order valence-corrected chi connectivity index (χ3v) is 8.50. The molecule has 0 spiro atoms. The Balaban J connectivity index is 1.73. The lowest BCUT2D eigenvalue weighted by molar-refractivity contribution is -0.110. The maximum atomic E-state index is 12.4. The second-order valence-corrected chi connectivity index (χ2v) is 11.7. The molecule has 4 rings (SSSR count). The largest absolute Gasteiger partial charge is 0.488 e. The summed E-state index contributed by atoms with van der Waals surface area (Å²) in [6.07, 6.45) is -6.48. The standard InChI is InChI=1S/C11H16N5O12P3/c1-29(19,20)27-31(23,24)28-30(21,22)26-7-6-4(17)5(18)11(25-6)16-9-3(15-10(7)16)8(12)13-2-14-9/h2,4-7,11,17-18H,1H3,(H,19,20)(H,21,22)(H,23,24)(H2,12,13,14). The molecule has 172 valence electrons. The highest BCUT2D eigenvalue weighted by Crippen LogP contribution is 2.68. The number of aliphatic hydroxyl groups excluding tert-OH is 2. The molecule has 0 radical (unpaired) electrons. The molecule has 8 atom stereocenters. The predicted octanol–water partition coefficient (Wildman–Crippen LogP) is -0.852. The Morgan fingerprint density at radius 3 is 2.42 bits per heavy atom. The number of anilines is 1. The maximum Gasteiger partial charge on any atom is 0.488 e. The Kier molecular flexibility index (Phi) is 5.42. The molecule has 0 saturated carbocycles. The Bertz CT molecular complexity index is 1180. The molecule has 7 N–H and O–H groups in total. The fraction of sp³-hybridized carbons (Fsp3) is 0.545. The van der Waals surface area contributed by atoms with Crippen molar-refractivity contribution in [3.63, 3.8) is 0 Å². The molecule has 2 bridgehead atoms. The highest BCUT2D eigenvalue weighted by molar-refractivity contribution is 7.68. The first-order chi connectivity index (χ1) is 14.2. The summed E-state index contributed by atoms with van der Waals surface area (Å²) >= 11 is 0. The van der Waals surface area contributed by atoms with Gasteiger partial charge < -0.3 is 35.4 Å². The van der Waals surface area contributed by atoms with Gasteiger partial charge in [-0.2, -0.15) is 4.31 Å². The van der Waals surface area contributed by atoms with Crippen molar-refractivity contribution in [2.75, 3.05) is 12.4 Å². The number of nitrogens with two attached hydrogens (primary N) is 1. The Labute approximate surface area is 172 Å². The third-order valence-electron chi connectivity index (χ3n) is 4.32. The number of fused-ring (bicyclic) bond motifs is 6. The van der Waals surface area contributed by atoms with E-state index in [1.54, 1.807) is 0 Å². The number of nitrogens with zero attached hydrogens (tertiary/aromatic N) is 4. The molecule has 20 heteroatoms. The summed E-state index contributed by atoms with van der Waals surface area (Å²) in [7, 11) is -15.7.